The molecule has 0 amide bonds. The second-order valence-electron chi connectivity index (χ2n) is 10.8. The van der Waals surface area contributed by atoms with Crippen molar-refractivity contribution in [3.63, 3.8) is 0 Å². The van der Waals surface area contributed by atoms with Crippen LogP contribution >= 0.6 is 0 Å². The highest BCUT2D eigenvalue weighted by Crippen LogP contribution is 2.58. The smallest absolute Gasteiger partial charge is 0.0510 e. The molecule has 1 aliphatic heterocycles. The predicted molar refractivity (Wildman–Crippen MR) is 145 cm³/mol. The second kappa shape index (κ2) is 9.51. The molecule has 0 spiro atoms. The Morgan fingerprint density at radius 1 is 0.833 bits per heavy atom. The molecular weight excluding hydrogens is 444 g/mol. The van der Waals surface area contributed by atoms with E-state index in [1.807, 2.05) is 0 Å². The van der Waals surface area contributed by atoms with Gasteiger partial charge in [0.1, 0.15) is 0 Å². The Hall–Kier alpha value is -2.92. The lowest BCUT2D eigenvalue weighted by Crippen LogP contribution is -2.56. The first-order valence-electron chi connectivity index (χ1n) is 13.3. The van der Waals surface area contributed by atoms with Gasteiger partial charge in [0.25, 0.3) is 0 Å². The summed E-state index contributed by atoms with van der Waals surface area (Å²) < 4.78 is 2.51. The van der Waals surface area contributed by atoms with Crippen LogP contribution in [0.2, 0.25) is 0 Å². The zero-order valence-electron chi connectivity index (χ0n) is 21.1. The largest absolute Gasteiger partial charge is 0.396 e. The molecule has 1 fully saturated rings. The van der Waals surface area contributed by atoms with Crippen LogP contribution in [-0.2, 0) is 13.1 Å². The summed E-state index contributed by atoms with van der Waals surface area (Å²) in [5, 5.41) is 22.9. The first-order valence-corrected chi connectivity index (χ1v) is 13.3. The van der Waals surface area contributed by atoms with Crippen molar-refractivity contribution in [1.82, 2.24) is 9.47 Å². The minimum atomic E-state index is -0.223. The molecule has 2 aliphatic rings. The zero-order chi connectivity index (χ0) is 24.7. The van der Waals surface area contributed by atoms with E-state index in [1.165, 1.54) is 33.3 Å². The molecule has 1 saturated heterocycles. The summed E-state index contributed by atoms with van der Waals surface area (Å²) in [4.78, 5) is 2.61. The van der Waals surface area contributed by atoms with Gasteiger partial charge in [-0.3, -0.25) is 4.90 Å². The number of aromatic nitrogens is 1. The fraction of sp³-hybridized carbons (Fsp3) is 0.375. The van der Waals surface area contributed by atoms with Crippen molar-refractivity contribution in [3.8, 4) is 0 Å². The summed E-state index contributed by atoms with van der Waals surface area (Å²) in [5.41, 5.74) is 6.26. The second-order valence-corrected chi connectivity index (χ2v) is 10.8. The molecular formula is C32H36N2O2. The van der Waals surface area contributed by atoms with Crippen molar-refractivity contribution >= 4 is 10.9 Å². The van der Waals surface area contributed by atoms with E-state index in [1.54, 1.807) is 0 Å². The number of rotatable bonds is 7. The van der Waals surface area contributed by atoms with Gasteiger partial charge in [-0.1, -0.05) is 85.8 Å². The van der Waals surface area contributed by atoms with E-state index < -0.39 is 0 Å². The first-order chi connectivity index (χ1) is 17.7. The van der Waals surface area contributed by atoms with Crippen LogP contribution < -0.4 is 0 Å². The molecule has 3 aromatic carbocycles. The van der Waals surface area contributed by atoms with Crippen molar-refractivity contribution in [3.05, 3.63) is 107 Å². The Balaban J connectivity index is 1.57. The number of fused-ring (bicyclic) bond motifs is 6. The molecule has 6 rings (SSSR count). The number of nitrogens with zero attached hydrogens (tertiary/aromatic N) is 2. The third-order valence-electron chi connectivity index (χ3n) is 9.07. The summed E-state index contributed by atoms with van der Waals surface area (Å²) in [6.45, 7) is 4.99. The molecule has 4 aromatic rings. The van der Waals surface area contributed by atoms with Gasteiger partial charge < -0.3 is 14.8 Å². The lowest BCUT2D eigenvalue weighted by molar-refractivity contribution is -0.0789. The van der Waals surface area contributed by atoms with E-state index in [9.17, 15) is 10.2 Å². The summed E-state index contributed by atoms with van der Waals surface area (Å²) in [7, 11) is 0. The molecule has 0 saturated carbocycles. The molecule has 2 bridgehead atoms. The summed E-state index contributed by atoms with van der Waals surface area (Å²) >= 11 is 0. The third kappa shape index (κ3) is 3.71. The van der Waals surface area contributed by atoms with Crippen molar-refractivity contribution in [1.29, 1.82) is 0 Å². The summed E-state index contributed by atoms with van der Waals surface area (Å²) in [6.07, 6.45) is 1.87. The van der Waals surface area contributed by atoms with Crippen molar-refractivity contribution < 1.29 is 10.2 Å². The number of hydrogen-bond donors (Lipinski definition) is 2. The van der Waals surface area contributed by atoms with Crippen LogP contribution in [0.15, 0.2) is 84.9 Å². The number of aliphatic hydroxyl groups excluding tert-OH is 2. The normalized spacial score (nSPS) is 25.7. The van der Waals surface area contributed by atoms with Gasteiger partial charge >= 0.3 is 0 Å². The van der Waals surface area contributed by atoms with Gasteiger partial charge in [0, 0.05) is 47.6 Å². The Kier molecular flexibility index (Phi) is 6.20. The van der Waals surface area contributed by atoms with Gasteiger partial charge in [-0.25, -0.2) is 0 Å². The van der Waals surface area contributed by atoms with E-state index in [4.69, 9.17) is 0 Å². The summed E-state index contributed by atoms with van der Waals surface area (Å²) in [6, 6.07) is 30.4. The monoisotopic (exact) mass is 480 g/mol. The van der Waals surface area contributed by atoms with Crippen LogP contribution in [0.1, 0.15) is 54.1 Å². The highest BCUT2D eigenvalue weighted by Gasteiger charge is 2.54. The SMILES string of the molecule is CC[C@@]1(CO)CN(Cc2ccccc2)[C@H]2C[C@@H]1[C@@H](CO)c1c2n(Cc2ccccc2)c2ccccc12. The molecule has 186 valence electrons. The van der Waals surface area contributed by atoms with Gasteiger partial charge in [0.2, 0.25) is 0 Å². The molecule has 4 nitrogen and oxygen atoms in total. The molecule has 4 atom stereocenters. The van der Waals surface area contributed by atoms with E-state index in [-0.39, 0.29) is 36.5 Å². The number of aliphatic hydroxyl groups is 2. The molecule has 2 heterocycles. The number of benzene rings is 3. The average molecular weight is 481 g/mol. The molecule has 1 aliphatic carbocycles. The van der Waals surface area contributed by atoms with Gasteiger partial charge in [-0.05, 0) is 41.5 Å². The highest BCUT2D eigenvalue weighted by atomic mass is 16.3. The fourth-order valence-electron chi connectivity index (χ4n) is 7.24. The lowest BCUT2D eigenvalue weighted by Gasteiger charge is -2.56. The minimum Gasteiger partial charge on any atom is -0.396 e. The van der Waals surface area contributed by atoms with E-state index in [2.05, 4.69) is 101 Å². The van der Waals surface area contributed by atoms with Crippen LogP contribution in [0.25, 0.3) is 10.9 Å². The van der Waals surface area contributed by atoms with Crippen molar-refractivity contribution in [2.45, 2.75) is 44.8 Å². The van der Waals surface area contributed by atoms with Crippen LogP contribution in [-0.4, -0.2) is 39.4 Å². The Morgan fingerprint density at radius 3 is 2.11 bits per heavy atom. The van der Waals surface area contributed by atoms with Gasteiger partial charge in [-0.15, -0.1) is 0 Å². The van der Waals surface area contributed by atoms with Crippen LogP contribution in [0.4, 0.5) is 0 Å². The molecule has 36 heavy (non-hydrogen) atoms. The number of hydrogen-bond acceptors (Lipinski definition) is 3. The Morgan fingerprint density at radius 2 is 1.47 bits per heavy atom. The molecule has 2 N–H and O–H groups in total. The first kappa shape index (κ1) is 23.5. The number of likely N-dealkylation sites (tertiary alicyclic amines) is 1. The Bertz CT molecular complexity index is 1330. The topological polar surface area (TPSA) is 48.6 Å². The quantitative estimate of drug-likeness (QED) is 0.355. The minimum absolute atomic E-state index is 0.0316. The molecule has 4 heteroatoms. The maximum Gasteiger partial charge on any atom is 0.0510 e. The predicted octanol–water partition coefficient (Wildman–Crippen LogP) is 5.73. The summed E-state index contributed by atoms with van der Waals surface area (Å²) in [5.74, 6) is 0.280. The van der Waals surface area contributed by atoms with E-state index >= 15 is 0 Å². The van der Waals surface area contributed by atoms with Gasteiger partial charge in [-0.2, -0.15) is 0 Å². The van der Waals surface area contributed by atoms with Crippen LogP contribution in [0.3, 0.4) is 0 Å². The van der Waals surface area contributed by atoms with E-state index in [0.29, 0.717) is 0 Å². The van der Waals surface area contributed by atoms with Crippen LogP contribution in [0, 0.1) is 11.3 Å². The highest BCUT2D eigenvalue weighted by molar-refractivity contribution is 5.87. The average Bonchev–Trinajstić information content (AvgIpc) is 3.25. The Labute approximate surface area is 213 Å². The van der Waals surface area contributed by atoms with Crippen molar-refractivity contribution in [2.75, 3.05) is 19.8 Å². The molecule has 0 radical (unpaired) electrons. The molecule has 1 aromatic heterocycles. The lowest BCUT2D eigenvalue weighted by atomic mass is 9.58. The standard InChI is InChI=1S/C32H36N2O2/c1-2-32(22-36)21-33(18-23-11-5-3-6-12-23)29-17-27(32)26(20-35)30-25-15-9-10-16-28(25)34(31(29)30)19-24-13-7-4-8-14-24/h3-16,26-27,29,35-36H,2,17-22H2,1H3/t26-,27-,29+,32+/m1/s1. The molecule has 0 unspecified atom stereocenters. The van der Waals surface area contributed by atoms with Crippen molar-refractivity contribution in [2.24, 2.45) is 11.3 Å². The number of para-hydroxylation sites is 1. The number of piperidine rings is 1. The zero-order valence-corrected chi connectivity index (χ0v) is 21.1. The van der Waals surface area contributed by atoms with Gasteiger partial charge in [0.05, 0.1) is 19.3 Å². The maximum absolute atomic E-state index is 10.8. The van der Waals surface area contributed by atoms with Crippen LogP contribution in [0.5, 0.6) is 0 Å². The van der Waals surface area contributed by atoms with E-state index in [0.717, 1.165) is 32.5 Å². The van der Waals surface area contributed by atoms with Gasteiger partial charge in [0.15, 0.2) is 0 Å². The fourth-order valence-corrected chi connectivity index (χ4v) is 7.24. The third-order valence-corrected chi connectivity index (χ3v) is 9.07. The maximum atomic E-state index is 10.8.